The fourth-order valence-corrected chi connectivity index (χ4v) is 3.58. The Hall–Kier alpha value is -2.77. The van der Waals surface area contributed by atoms with Gasteiger partial charge in [0, 0.05) is 11.1 Å². The van der Waals surface area contributed by atoms with Gasteiger partial charge in [-0.25, -0.2) is 4.98 Å². The molecule has 2 aromatic carbocycles. The number of methoxy groups -OCH3 is 3. The van der Waals surface area contributed by atoms with E-state index in [1.54, 1.807) is 43.9 Å². The van der Waals surface area contributed by atoms with Gasteiger partial charge in [-0.1, -0.05) is 17.7 Å². The van der Waals surface area contributed by atoms with E-state index in [2.05, 4.69) is 10.3 Å². The molecule has 3 rings (SSSR count). The number of anilines is 1. The van der Waals surface area contributed by atoms with Crippen LogP contribution in [0.15, 0.2) is 41.8 Å². The topological polar surface area (TPSA) is 69.7 Å². The number of nitrogens with zero attached hydrogens (tertiary/aromatic N) is 1. The van der Waals surface area contributed by atoms with Crippen molar-refractivity contribution in [1.82, 2.24) is 4.98 Å². The highest BCUT2D eigenvalue weighted by Gasteiger charge is 2.17. The Kier molecular flexibility index (Phi) is 5.83. The number of carbonyl (C=O) groups excluding carboxylic acids is 1. The van der Waals surface area contributed by atoms with E-state index in [0.29, 0.717) is 38.7 Å². The molecular weight excluding hydrogens is 388 g/mol. The van der Waals surface area contributed by atoms with Gasteiger partial charge in [0.05, 0.1) is 31.9 Å². The first kappa shape index (κ1) is 19.0. The average molecular weight is 405 g/mol. The molecule has 140 valence electrons. The van der Waals surface area contributed by atoms with Crippen molar-refractivity contribution in [2.45, 2.75) is 0 Å². The van der Waals surface area contributed by atoms with E-state index >= 15 is 0 Å². The van der Waals surface area contributed by atoms with E-state index in [9.17, 15) is 4.79 Å². The molecule has 0 aliphatic heterocycles. The molecule has 1 amide bonds. The van der Waals surface area contributed by atoms with Crippen molar-refractivity contribution >= 4 is 34.5 Å². The largest absolute Gasteiger partial charge is 0.495 e. The second-order valence-electron chi connectivity index (χ2n) is 5.38. The Morgan fingerprint density at radius 3 is 2.52 bits per heavy atom. The zero-order valence-corrected chi connectivity index (χ0v) is 16.5. The minimum absolute atomic E-state index is 0.298. The lowest BCUT2D eigenvalue weighted by atomic mass is 10.2. The predicted molar refractivity (Wildman–Crippen MR) is 107 cm³/mol. The van der Waals surface area contributed by atoms with Gasteiger partial charge in [-0.05, 0) is 30.3 Å². The highest BCUT2D eigenvalue weighted by Crippen LogP contribution is 2.39. The number of hydrogen-bond acceptors (Lipinski definition) is 6. The monoisotopic (exact) mass is 404 g/mol. The van der Waals surface area contributed by atoms with Gasteiger partial charge >= 0.3 is 0 Å². The van der Waals surface area contributed by atoms with Crippen LogP contribution in [0.3, 0.4) is 0 Å². The van der Waals surface area contributed by atoms with Crippen molar-refractivity contribution in [3.8, 4) is 27.8 Å². The van der Waals surface area contributed by atoms with Crippen LogP contribution in [0.25, 0.3) is 10.6 Å². The highest BCUT2D eigenvalue weighted by atomic mass is 35.5. The Labute approximate surface area is 165 Å². The summed E-state index contributed by atoms with van der Waals surface area (Å²) in [6.07, 6.45) is 0. The van der Waals surface area contributed by atoms with Crippen LogP contribution in [0.4, 0.5) is 5.69 Å². The van der Waals surface area contributed by atoms with Crippen molar-refractivity contribution in [2.75, 3.05) is 26.6 Å². The SMILES string of the molecule is COc1ccc(NC(=O)c2csc(-c3cccc(OC)c3OC)n2)cc1Cl. The smallest absolute Gasteiger partial charge is 0.275 e. The number of hydrogen-bond donors (Lipinski definition) is 1. The normalized spacial score (nSPS) is 10.4. The van der Waals surface area contributed by atoms with Crippen LogP contribution in [0.1, 0.15) is 10.5 Å². The van der Waals surface area contributed by atoms with Crippen LogP contribution in [0, 0.1) is 0 Å². The molecule has 6 nitrogen and oxygen atoms in total. The summed E-state index contributed by atoms with van der Waals surface area (Å²) in [5, 5.41) is 5.53. The van der Waals surface area contributed by atoms with Gasteiger partial charge in [-0.3, -0.25) is 4.79 Å². The number of amides is 1. The van der Waals surface area contributed by atoms with Crippen LogP contribution in [-0.4, -0.2) is 32.2 Å². The summed E-state index contributed by atoms with van der Waals surface area (Å²) in [6.45, 7) is 0. The number of ether oxygens (including phenoxy) is 3. The lowest BCUT2D eigenvalue weighted by Crippen LogP contribution is -2.12. The van der Waals surface area contributed by atoms with Gasteiger partial charge in [-0.2, -0.15) is 0 Å². The second-order valence-corrected chi connectivity index (χ2v) is 6.65. The number of carbonyl (C=O) groups is 1. The molecule has 1 N–H and O–H groups in total. The fourth-order valence-electron chi connectivity index (χ4n) is 2.50. The molecule has 8 heteroatoms. The van der Waals surface area contributed by atoms with Gasteiger partial charge in [0.15, 0.2) is 11.5 Å². The molecule has 0 atom stereocenters. The van der Waals surface area contributed by atoms with E-state index in [1.807, 2.05) is 12.1 Å². The number of rotatable bonds is 6. The van der Waals surface area contributed by atoms with Gasteiger partial charge in [0.2, 0.25) is 0 Å². The molecule has 0 fully saturated rings. The number of para-hydroxylation sites is 1. The third kappa shape index (κ3) is 3.99. The van der Waals surface area contributed by atoms with Gasteiger partial charge < -0.3 is 19.5 Å². The van der Waals surface area contributed by atoms with Crippen molar-refractivity contribution in [3.05, 3.63) is 52.5 Å². The molecule has 0 bridgehead atoms. The third-order valence-corrected chi connectivity index (χ3v) is 4.95. The summed E-state index contributed by atoms with van der Waals surface area (Å²) in [6, 6.07) is 10.5. The molecule has 0 aliphatic carbocycles. The molecule has 0 spiro atoms. The van der Waals surface area contributed by atoms with E-state index in [1.165, 1.54) is 18.4 Å². The van der Waals surface area contributed by atoms with Crippen LogP contribution in [-0.2, 0) is 0 Å². The fraction of sp³-hybridized carbons (Fsp3) is 0.158. The maximum atomic E-state index is 12.5. The quantitative estimate of drug-likeness (QED) is 0.642. The summed E-state index contributed by atoms with van der Waals surface area (Å²) in [5.74, 6) is 1.38. The molecule has 0 saturated heterocycles. The molecule has 3 aromatic rings. The lowest BCUT2D eigenvalue weighted by molar-refractivity contribution is 0.102. The Morgan fingerprint density at radius 2 is 1.85 bits per heavy atom. The minimum atomic E-state index is -0.333. The Balaban J connectivity index is 1.84. The van der Waals surface area contributed by atoms with Crippen molar-refractivity contribution in [3.63, 3.8) is 0 Å². The highest BCUT2D eigenvalue weighted by molar-refractivity contribution is 7.13. The summed E-state index contributed by atoms with van der Waals surface area (Å²) >= 11 is 7.44. The minimum Gasteiger partial charge on any atom is -0.495 e. The molecule has 0 unspecified atom stereocenters. The predicted octanol–water partition coefficient (Wildman–Crippen LogP) is 4.74. The summed E-state index contributed by atoms with van der Waals surface area (Å²) < 4.78 is 15.9. The number of nitrogens with one attached hydrogen (secondary N) is 1. The average Bonchev–Trinajstić information content (AvgIpc) is 3.17. The zero-order chi connectivity index (χ0) is 19.4. The van der Waals surface area contributed by atoms with Crippen LogP contribution in [0.5, 0.6) is 17.2 Å². The van der Waals surface area contributed by atoms with Crippen LogP contribution in [0.2, 0.25) is 5.02 Å². The first-order valence-electron chi connectivity index (χ1n) is 7.89. The standard InChI is InChI=1S/C19H17ClN2O4S/c1-24-15-8-7-11(9-13(15)20)21-18(23)14-10-27-19(22-14)12-5-4-6-16(25-2)17(12)26-3/h4-10H,1-3H3,(H,21,23). The van der Waals surface area contributed by atoms with E-state index in [0.717, 1.165) is 5.56 Å². The Bertz CT molecular complexity index is 974. The van der Waals surface area contributed by atoms with Gasteiger partial charge in [0.25, 0.3) is 5.91 Å². The molecule has 1 heterocycles. The number of halogens is 1. The first-order valence-corrected chi connectivity index (χ1v) is 9.15. The Morgan fingerprint density at radius 1 is 1.07 bits per heavy atom. The zero-order valence-electron chi connectivity index (χ0n) is 14.9. The van der Waals surface area contributed by atoms with E-state index < -0.39 is 0 Å². The van der Waals surface area contributed by atoms with Crippen LogP contribution >= 0.6 is 22.9 Å². The molecular formula is C19H17ClN2O4S. The van der Waals surface area contributed by atoms with Crippen LogP contribution < -0.4 is 19.5 Å². The first-order chi connectivity index (χ1) is 13.1. The lowest BCUT2D eigenvalue weighted by Gasteiger charge is -2.10. The molecule has 0 saturated carbocycles. The van der Waals surface area contributed by atoms with E-state index in [-0.39, 0.29) is 5.91 Å². The van der Waals surface area contributed by atoms with Crippen molar-refractivity contribution in [2.24, 2.45) is 0 Å². The molecule has 0 aliphatic rings. The molecule has 1 aromatic heterocycles. The second kappa shape index (κ2) is 8.28. The summed E-state index contributed by atoms with van der Waals surface area (Å²) in [7, 11) is 4.67. The number of thiazole rings is 1. The van der Waals surface area contributed by atoms with Crippen molar-refractivity contribution in [1.29, 1.82) is 0 Å². The number of aromatic nitrogens is 1. The third-order valence-electron chi connectivity index (χ3n) is 3.78. The maximum Gasteiger partial charge on any atom is 0.275 e. The van der Waals surface area contributed by atoms with Crippen molar-refractivity contribution < 1.29 is 19.0 Å². The number of benzene rings is 2. The van der Waals surface area contributed by atoms with E-state index in [4.69, 9.17) is 25.8 Å². The van der Waals surface area contributed by atoms with Gasteiger partial charge in [-0.15, -0.1) is 11.3 Å². The summed E-state index contributed by atoms with van der Waals surface area (Å²) in [5.41, 5.74) is 1.61. The molecule has 0 radical (unpaired) electrons. The molecule has 27 heavy (non-hydrogen) atoms. The summed E-state index contributed by atoms with van der Waals surface area (Å²) in [4.78, 5) is 16.9. The van der Waals surface area contributed by atoms with Gasteiger partial charge in [0.1, 0.15) is 16.5 Å². The maximum absolute atomic E-state index is 12.5.